The minimum Gasteiger partial charge on any atom is -0.493 e. The van der Waals surface area contributed by atoms with Gasteiger partial charge < -0.3 is 25.6 Å². The molecule has 4 rings (SSSR count). The first kappa shape index (κ1) is 38.2. The number of thiophene rings is 1. The number of sulfonamides is 1. The Kier molecular flexibility index (Phi) is 12.7. The summed E-state index contributed by atoms with van der Waals surface area (Å²) in [6, 6.07) is 18.0. The number of methoxy groups -OCH3 is 2. The molecule has 0 unspecified atom stereocenters. The zero-order valence-electron chi connectivity index (χ0n) is 26.2. The second kappa shape index (κ2) is 16.3. The number of benzene rings is 3. The number of carbonyl (C=O) groups is 3. The third-order valence-corrected chi connectivity index (χ3v) is 8.64. The van der Waals surface area contributed by atoms with Crippen LogP contribution in [0.5, 0.6) is 11.5 Å². The van der Waals surface area contributed by atoms with Gasteiger partial charge in [0.05, 0.1) is 25.5 Å². The number of nitrogens with one attached hydrogen (secondary N) is 2. The second-order valence-electron chi connectivity index (χ2n) is 10.2. The summed E-state index contributed by atoms with van der Waals surface area (Å²) < 4.78 is 67.0. The highest BCUT2D eigenvalue weighted by Gasteiger charge is 2.38. The van der Waals surface area contributed by atoms with Gasteiger partial charge in [-0.2, -0.15) is 13.2 Å². The number of aliphatic imine (C=N–C) groups is 1. The number of nitrogens with zero attached hydrogens (tertiary/aromatic N) is 1. The van der Waals surface area contributed by atoms with Crippen molar-refractivity contribution in [1.82, 2.24) is 5.32 Å². The molecule has 3 aromatic carbocycles. The van der Waals surface area contributed by atoms with Gasteiger partial charge in [0.2, 0.25) is 21.8 Å². The number of carbonyl (C=O) groups excluding carboxylic acids is 2. The molecule has 0 aliphatic heterocycles. The summed E-state index contributed by atoms with van der Waals surface area (Å²) in [7, 11) is -0.968. The van der Waals surface area contributed by atoms with Crippen LogP contribution < -0.4 is 31.0 Å². The molecule has 13 nitrogen and oxygen atoms in total. The minimum atomic E-state index is -5.08. The lowest BCUT2D eigenvalue weighted by Crippen LogP contribution is -2.40. The van der Waals surface area contributed by atoms with Crippen molar-refractivity contribution in [3.63, 3.8) is 0 Å². The number of alkyl halides is 3. The number of fused-ring (bicyclic) bond motifs is 1. The number of ether oxygens (including phenoxy) is 2. The lowest BCUT2D eigenvalue weighted by molar-refractivity contribution is -0.192. The van der Waals surface area contributed by atoms with Crippen LogP contribution in [-0.2, 0) is 37.2 Å². The number of rotatable bonds is 10. The van der Waals surface area contributed by atoms with Gasteiger partial charge in [-0.1, -0.05) is 30.3 Å². The summed E-state index contributed by atoms with van der Waals surface area (Å²) in [5.41, 5.74) is 7.64. The van der Waals surface area contributed by atoms with Gasteiger partial charge in [0.15, 0.2) is 17.5 Å². The van der Waals surface area contributed by atoms with E-state index < -0.39 is 40.0 Å². The number of aryl methyl sites for hydroxylation is 1. The number of anilines is 1. The van der Waals surface area contributed by atoms with Crippen molar-refractivity contribution in [2.24, 2.45) is 15.9 Å². The Morgan fingerprint density at radius 2 is 1.65 bits per heavy atom. The monoisotopic (exact) mass is 723 g/mol. The first-order valence-corrected chi connectivity index (χ1v) is 16.3. The Hall–Kier alpha value is -5.20. The average molecular weight is 724 g/mol. The van der Waals surface area contributed by atoms with E-state index in [9.17, 15) is 31.2 Å². The van der Waals surface area contributed by atoms with E-state index in [0.29, 0.717) is 22.6 Å². The molecule has 49 heavy (non-hydrogen) atoms. The van der Waals surface area contributed by atoms with Crippen LogP contribution >= 0.6 is 11.3 Å². The van der Waals surface area contributed by atoms with E-state index in [0.717, 1.165) is 15.0 Å². The summed E-state index contributed by atoms with van der Waals surface area (Å²) in [6.07, 6.45) is -4.92. The fourth-order valence-electron chi connectivity index (χ4n) is 4.22. The molecular weight excluding hydrogens is 691 g/mol. The molecule has 0 fully saturated rings. The number of guanidine groups is 1. The largest absolute Gasteiger partial charge is 0.493 e. The first-order valence-electron chi connectivity index (χ1n) is 14.0. The normalized spacial score (nSPS) is 12.3. The van der Waals surface area contributed by atoms with Gasteiger partial charge >= 0.3 is 12.1 Å². The van der Waals surface area contributed by atoms with Crippen molar-refractivity contribution < 1.29 is 50.6 Å². The van der Waals surface area contributed by atoms with Crippen molar-refractivity contribution in [2.45, 2.75) is 36.9 Å². The zero-order valence-corrected chi connectivity index (χ0v) is 27.8. The summed E-state index contributed by atoms with van der Waals surface area (Å²) in [6.45, 7) is 1.72. The first-order chi connectivity index (χ1) is 22.9. The van der Waals surface area contributed by atoms with Crippen molar-refractivity contribution >= 4 is 60.9 Å². The van der Waals surface area contributed by atoms with Gasteiger partial charge in [-0.05, 0) is 59.8 Å². The van der Waals surface area contributed by atoms with Crippen LogP contribution in [-0.4, -0.2) is 63.7 Å². The number of carboxylic acids is 1. The molecule has 0 saturated heterocycles. The molecule has 0 aliphatic carbocycles. The Bertz CT molecular complexity index is 1950. The minimum absolute atomic E-state index is 0.0245. The number of hydrogen-bond acceptors (Lipinski definition) is 9. The van der Waals surface area contributed by atoms with Crippen LogP contribution in [0.15, 0.2) is 76.6 Å². The number of hydrogen-bond donors (Lipinski definition) is 5. The van der Waals surface area contributed by atoms with Gasteiger partial charge in [0.25, 0.3) is 0 Å². The van der Waals surface area contributed by atoms with Crippen LogP contribution in [0, 0.1) is 6.92 Å². The summed E-state index contributed by atoms with van der Waals surface area (Å²) in [5, 5.41) is 18.7. The standard InChI is InChI=1S/C29H31N5O6S2.C2HF3O2/c1-17-8-10-21(42(31,37)38)16-22(17)32-28(36)23(15-20-14-19-6-4-5-7-26(19)41-20)33-29(30)34-27(35)13-18-9-11-24(39-2)25(12-18)40-3;3-2(4,5)1(6)7/h4-12,14,16,23H,13,15H2,1-3H3,(H,32,36)(H2,31,37,38)(H3,30,33,34,35);(H,6,7)/t23-;/m1./s1. The van der Waals surface area contributed by atoms with Crippen molar-refractivity contribution in [3.8, 4) is 11.5 Å². The molecule has 1 atom stereocenters. The molecule has 1 heterocycles. The maximum atomic E-state index is 13.5. The fourth-order valence-corrected chi connectivity index (χ4v) is 5.86. The van der Waals surface area contributed by atoms with Gasteiger partial charge in [-0.15, -0.1) is 11.3 Å². The van der Waals surface area contributed by atoms with Crippen LogP contribution in [0.3, 0.4) is 0 Å². The summed E-state index contributed by atoms with van der Waals surface area (Å²) in [5.74, 6) is -2.97. The molecule has 18 heteroatoms. The van der Waals surface area contributed by atoms with Crippen molar-refractivity contribution in [2.75, 3.05) is 19.5 Å². The predicted octanol–water partition coefficient (Wildman–Crippen LogP) is 3.73. The van der Waals surface area contributed by atoms with E-state index >= 15 is 0 Å². The Labute approximate surface area is 282 Å². The van der Waals surface area contributed by atoms with E-state index in [-0.39, 0.29) is 29.4 Å². The van der Waals surface area contributed by atoms with E-state index in [1.165, 1.54) is 37.7 Å². The van der Waals surface area contributed by atoms with Crippen LogP contribution in [0.25, 0.3) is 10.1 Å². The number of amides is 2. The quantitative estimate of drug-likeness (QED) is 0.119. The van der Waals surface area contributed by atoms with Crippen LogP contribution in [0.2, 0.25) is 0 Å². The average Bonchev–Trinajstić information content (AvgIpc) is 3.43. The van der Waals surface area contributed by atoms with E-state index in [4.69, 9.17) is 30.2 Å². The third kappa shape index (κ3) is 11.2. The number of nitrogens with two attached hydrogens (primary N) is 2. The van der Waals surface area contributed by atoms with E-state index in [1.807, 2.05) is 30.3 Å². The number of primary sulfonamides is 1. The summed E-state index contributed by atoms with van der Waals surface area (Å²) >= 11 is 1.51. The molecule has 4 aromatic rings. The maximum absolute atomic E-state index is 13.5. The molecule has 0 saturated carbocycles. The Morgan fingerprint density at radius 3 is 2.24 bits per heavy atom. The highest BCUT2D eigenvalue weighted by molar-refractivity contribution is 7.89. The molecule has 0 aliphatic rings. The second-order valence-corrected chi connectivity index (χ2v) is 12.9. The third-order valence-electron chi connectivity index (χ3n) is 6.59. The van der Waals surface area contributed by atoms with Gasteiger partial charge in [0, 0.05) is 21.7 Å². The van der Waals surface area contributed by atoms with Crippen molar-refractivity contribution in [3.05, 3.63) is 82.7 Å². The molecule has 2 amide bonds. The maximum Gasteiger partial charge on any atom is 0.490 e. The molecule has 0 radical (unpaired) electrons. The molecule has 262 valence electrons. The lowest BCUT2D eigenvalue weighted by Gasteiger charge is -2.16. The SMILES string of the molecule is COc1ccc(CC(=O)NC(N)=N[C@H](Cc2cc3ccccc3s2)C(=O)Nc2cc(S(N)(=O)=O)ccc2C)cc1OC.O=C(O)C(F)(F)F. The highest BCUT2D eigenvalue weighted by atomic mass is 32.2. The number of halogens is 3. The molecular formula is C31H32F3N5O8S2. The van der Waals surface area contributed by atoms with Gasteiger partial charge in [0.1, 0.15) is 6.04 Å². The van der Waals surface area contributed by atoms with E-state index in [1.54, 1.807) is 31.2 Å². The lowest BCUT2D eigenvalue weighted by atomic mass is 10.1. The number of aliphatic carboxylic acids is 1. The summed E-state index contributed by atoms with van der Waals surface area (Å²) in [4.78, 5) is 40.2. The van der Waals surface area contributed by atoms with Crippen LogP contribution in [0.4, 0.5) is 18.9 Å². The fraction of sp³-hybridized carbons (Fsp3) is 0.226. The topological polar surface area (TPSA) is 212 Å². The van der Waals surface area contributed by atoms with E-state index in [2.05, 4.69) is 15.6 Å². The van der Waals surface area contributed by atoms with Crippen molar-refractivity contribution in [1.29, 1.82) is 0 Å². The van der Waals surface area contributed by atoms with Crippen LogP contribution in [0.1, 0.15) is 16.0 Å². The Morgan fingerprint density at radius 1 is 1.00 bits per heavy atom. The Balaban J connectivity index is 0.000000838. The van der Waals surface area contributed by atoms with Gasteiger partial charge in [-0.3, -0.25) is 14.9 Å². The zero-order chi connectivity index (χ0) is 36.5. The highest BCUT2D eigenvalue weighted by Crippen LogP contribution is 2.29. The molecule has 7 N–H and O–H groups in total. The van der Waals surface area contributed by atoms with Gasteiger partial charge in [-0.25, -0.2) is 23.3 Å². The smallest absolute Gasteiger partial charge is 0.490 e. The molecule has 1 aromatic heterocycles. The predicted molar refractivity (Wildman–Crippen MR) is 177 cm³/mol. The molecule has 0 bridgehead atoms. The number of carboxylic acid groups (broad SMARTS) is 1. The molecule has 0 spiro atoms.